The van der Waals surface area contributed by atoms with E-state index in [9.17, 15) is 0 Å². The van der Waals surface area contributed by atoms with E-state index < -0.39 is 0 Å². The van der Waals surface area contributed by atoms with Crippen molar-refractivity contribution < 1.29 is 9.47 Å². The molecule has 96 valence electrons. The molecule has 2 atom stereocenters. The lowest BCUT2D eigenvalue weighted by Gasteiger charge is -2.18. The average Bonchev–Trinajstić information content (AvgIpc) is 2.38. The normalized spacial score (nSPS) is 14.4. The van der Waals surface area contributed by atoms with Gasteiger partial charge in [0.25, 0.3) is 0 Å². The van der Waals surface area contributed by atoms with Crippen LogP contribution in [0.3, 0.4) is 0 Å². The van der Waals surface area contributed by atoms with E-state index in [0.29, 0.717) is 11.8 Å². The van der Waals surface area contributed by atoms with Gasteiger partial charge in [0.05, 0.1) is 13.2 Å². The van der Waals surface area contributed by atoms with E-state index in [1.807, 2.05) is 12.1 Å². The Bertz CT molecular complexity index is 311. The molecule has 2 unspecified atom stereocenters. The molecule has 1 aromatic rings. The van der Waals surface area contributed by atoms with Crippen LogP contribution in [-0.4, -0.2) is 26.2 Å². The van der Waals surface area contributed by atoms with Crippen LogP contribution in [0.2, 0.25) is 0 Å². The van der Waals surface area contributed by atoms with Gasteiger partial charge in [-0.1, -0.05) is 12.1 Å². The molecule has 0 aliphatic carbocycles. The Labute approximate surface area is 109 Å². The van der Waals surface area contributed by atoms with Gasteiger partial charge in [-0.2, -0.15) is 0 Å². The number of ether oxygens (including phenoxy) is 2. The molecule has 0 aliphatic rings. The van der Waals surface area contributed by atoms with Crippen molar-refractivity contribution in [3.63, 3.8) is 0 Å². The topological polar surface area (TPSA) is 18.5 Å². The number of methoxy groups -OCH3 is 2. The summed E-state index contributed by atoms with van der Waals surface area (Å²) < 4.78 is 10.4. The summed E-state index contributed by atoms with van der Waals surface area (Å²) in [6.07, 6.45) is 2.24. The van der Waals surface area contributed by atoms with Gasteiger partial charge >= 0.3 is 0 Å². The number of benzene rings is 1. The molecule has 0 saturated carbocycles. The minimum absolute atomic E-state index is 0.261. The van der Waals surface area contributed by atoms with Crippen LogP contribution >= 0.6 is 11.6 Å². The summed E-state index contributed by atoms with van der Waals surface area (Å²) in [7, 11) is 3.42. The highest BCUT2D eigenvalue weighted by molar-refractivity contribution is 6.18. The third-order valence-electron chi connectivity index (χ3n) is 2.97. The summed E-state index contributed by atoms with van der Waals surface area (Å²) in [6, 6.07) is 8.16. The van der Waals surface area contributed by atoms with Crippen molar-refractivity contribution in [2.45, 2.75) is 25.9 Å². The molecule has 1 aromatic carbocycles. The van der Waals surface area contributed by atoms with Crippen LogP contribution < -0.4 is 4.74 Å². The first-order valence-corrected chi connectivity index (χ1v) is 6.44. The van der Waals surface area contributed by atoms with Crippen LogP contribution in [0.5, 0.6) is 5.75 Å². The van der Waals surface area contributed by atoms with Crippen LogP contribution in [0.1, 0.15) is 18.9 Å². The summed E-state index contributed by atoms with van der Waals surface area (Å²) >= 11 is 6.00. The Kier molecular flexibility index (Phi) is 6.38. The summed E-state index contributed by atoms with van der Waals surface area (Å²) in [5.41, 5.74) is 1.29. The highest BCUT2D eigenvalue weighted by Crippen LogP contribution is 2.19. The smallest absolute Gasteiger partial charge is 0.118 e. The molecule has 0 aliphatic heterocycles. The van der Waals surface area contributed by atoms with E-state index in [-0.39, 0.29) is 6.10 Å². The van der Waals surface area contributed by atoms with Crippen molar-refractivity contribution in [3.8, 4) is 5.75 Å². The predicted octanol–water partition coefficient (Wildman–Crippen LogP) is 3.52. The van der Waals surface area contributed by atoms with Crippen LogP contribution in [-0.2, 0) is 11.2 Å². The Morgan fingerprint density at radius 3 is 2.29 bits per heavy atom. The van der Waals surface area contributed by atoms with Gasteiger partial charge < -0.3 is 9.47 Å². The Hall–Kier alpha value is -0.730. The average molecular weight is 257 g/mol. The number of hydrogen-bond donors (Lipinski definition) is 0. The summed E-state index contributed by atoms with van der Waals surface area (Å²) in [5.74, 6) is 2.01. The summed E-state index contributed by atoms with van der Waals surface area (Å²) in [5, 5.41) is 0. The second kappa shape index (κ2) is 7.57. The van der Waals surface area contributed by atoms with Gasteiger partial charge in [-0.15, -0.1) is 11.6 Å². The van der Waals surface area contributed by atoms with Gasteiger partial charge in [-0.25, -0.2) is 0 Å². The van der Waals surface area contributed by atoms with Gasteiger partial charge in [-0.05, 0) is 43.4 Å². The molecule has 0 heterocycles. The van der Waals surface area contributed by atoms with Crippen LogP contribution in [0.4, 0.5) is 0 Å². The maximum absolute atomic E-state index is 6.00. The fourth-order valence-electron chi connectivity index (χ4n) is 1.86. The molecule has 0 saturated heterocycles. The Morgan fingerprint density at radius 2 is 1.82 bits per heavy atom. The first kappa shape index (κ1) is 14.3. The number of halogens is 1. The van der Waals surface area contributed by atoms with Crippen LogP contribution in [0, 0.1) is 5.92 Å². The third kappa shape index (κ3) is 4.97. The highest BCUT2D eigenvalue weighted by atomic mass is 35.5. The monoisotopic (exact) mass is 256 g/mol. The van der Waals surface area contributed by atoms with E-state index in [2.05, 4.69) is 19.1 Å². The van der Waals surface area contributed by atoms with E-state index in [0.717, 1.165) is 18.6 Å². The van der Waals surface area contributed by atoms with Crippen molar-refractivity contribution in [1.29, 1.82) is 0 Å². The van der Waals surface area contributed by atoms with Crippen molar-refractivity contribution >= 4 is 11.6 Å². The second-order valence-corrected chi connectivity index (χ2v) is 4.66. The second-order valence-electron chi connectivity index (χ2n) is 4.35. The van der Waals surface area contributed by atoms with Gasteiger partial charge in [0, 0.05) is 13.0 Å². The summed E-state index contributed by atoms with van der Waals surface area (Å²) in [6.45, 7) is 2.08. The van der Waals surface area contributed by atoms with E-state index in [4.69, 9.17) is 21.1 Å². The van der Waals surface area contributed by atoms with Gasteiger partial charge in [0.15, 0.2) is 0 Å². The Balaban J connectivity index is 2.54. The van der Waals surface area contributed by atoms with Gasteiger partial charge in [0.2, 0.25) is 0 Å². The SMILES string of the molecule is COc1ccc(CC(CCl)CC(C)OC)cc1. The molecule has 0 radical (unpaired) electrons. The van der Waals surface area contributed by atoms with E-state index >= 15 is 0 Å². The highest BCUT2D eigenvalue weighted by Gasteiger charge is 2.12. The minimum atomic E-state index is 0.261. The number of rotatable bonds is 7. The van der Waals surface area contributed by atoms with Gasteiger partial charge in [-0.3, -0.25) is 0 Å². The van der Waals surface area contributed by atoms with E-state index in [1.54, 1.807) is 14.2 Å². The summed E-state index contributed by atoms with van der Waals surface area (Å²) in [4.78, 5) is 0. The zero-order valence-electron chi connectivity index (χ0n) is 10.8. The quantitative estimate of drug-likeness (QED) is 0.695. The molecule has 1 rings (SSSR count). The van der Waals surface area contributed by atoms with Gasteiger partial charge in [0.1, 0.15) is 5.75 Å². The maximum atomic E-state index is 6.00. The first-order valence-electron chi connectivity index (χ1n) is 5.91. The van der Waals surface area contributed by atoms with Crippen LogP contribution in [0.15, 0.2) is 24.3 Å². The predicted molar refractivity (Wildman–Crippen MR) is 72.0 cm³/mol. The van der Waals surface area contributed by atoms with Crippen molar-refractivity contribution in [3.05, 3.63) is 29.8 Å². The number of hydrogen-bond acceptors (Lipinski definition) is 2. The van der Waals surface area contributed by atoms with Crippen LogP contribution in [0.25, 0.3) is 0 Å². The molecule has 0 spiro atoms. The molecule has 0 amide bonds. The molecular weight excluding hydrogens is 236 g/mol. The molecular formula is C14H21ClO2. The molecule has 3 heteroatoms. The fraction of sp³-hybridized carbons (Fsp3) is 0.571. The molecule has 2 nitrogen and oxygen atoms in total. The minimum Gasteiger partial charge on any atom is -0.497 e. The third-order valence-corrected chi connectivity index (χ3v) is 3.41. The van der Waals surface area contributed by atoms with Crippen molar-refractivity contribution in [1.82, 2.24) is 0 Å². The largest absolute Gasteiger partial charge is 0.497 e. The lowest BCUT2D eigenvalue weighted by Crippen LogP contribution is -2.16. The Morgan fingerprint density at radius 1 is 1.18 bits per heavy atom. The molecule has 0 N–H and O–H groups in total. The lowest BCUT2D eigenvalue weighted by atomic mass is 9.95. The molecule has 0 bridgehead atoms. The number of alkyl halides is 1. The standard InChI is InChI=1S/C14H21ClO2/c1-11(16-2)8-13(10-15)9-12-4-6-14(17-3)7-5-12/h4-7,11,13H,8-10H2,1-3H3. The van der Waals surface area contributed by atoms with Crippen molar-refractivity contribution in [2.75, 3.05) is 20.1 Å². The molecule has 0 fully saturated rings. The first-order chi connectivity index (χ1) is 8.19. The lowest BCUT2D eigenvalue weighted by molar-refractivity contribution is 0.0978. The van der Waals surface area contributed by atoms with E-state index in [1.165, 1.54) is 5.56 Å². The zero-order valence-corrected chi connectivity index (χ0v) is 11.5. The van der Waals surface area contributed by atoms with Crippen molar-refractivity contribution in [2.24, 2.45) is 5.92 Å². The maximum Gasteiger partial charge on any atom is 0.118 e. The fourth-order valence-corrected chi connectivity index (χ4v) is 2.10. The molecule has 0 aromatic heterocycles. The molecule has 17 heavy (non-hydrogen) atoms. The zero-order chi connectivity index (χ0) is 12.7.